The molecule has 0 spiro atoms. The van der Waals surface area contributed by atoms with Gasteiger partial charge in [0.2, 0.25) is 0 Å². The van der Waals surface area contributed by atoms with Crippen molar-refractivity contribution in [3.63, 3.8) is 0 Å². The Morgan fingerprint density at radius 2 is 1.77 bits per heavy atom. The summed E-state index contributed by atoms with van der Waals surface area (Å²) in [6.07, 6.45) is 4.39. The fourth-order valence-electron chi connectivity index (χ4n) is 2.62. The monoisotopic (exact) mass is 288 g/mol. The first kappa shape index (κ1) is 12.6. The van der Waals surface area contributed by atoms with Crippen LogP contribution in [-0.4, -0.2) is 16.1 Å². The van der Waals surface area contributed by atoms with Crippen LogP contribution in [0.25, 0.3) is 27.8 Å². The minimum Gasteiger partial charge on any atom is -0.453 e. The second kappa shape index (κ2) is 5.00. The molecule has 0 aliphatic heterocycles. The van der Waals surface area contributed by atoms with Crippen molar-refractivity contribution >= 4 is 17.3 Å². The summed E-state index contributed by atoms with van der Waals surface area (Å²) in [4.78, 5) is 11.3. The Morgan fingerprint density at radius 3 is 2.59 bits per heavy atom. The number of carbonyl (C=O) groups is 1. The number of benzene rings is 2. The first-order valence-electron chi connectivity index (χ1n) is 6.94. The molecule has 4 aromatic rings. The van der Waals surface area contributed by atoms with Crippen LogP contribution in [0.4, 0.5) is 0 Å². The molecule has 0 N–H and O–H groups in total. The Kier molecular flexibility index (Phi) is 2.86. The predicted octanol–water partition coefficient (Wildman–Crippen LogP) is 4.10. The molecule has 22 heavy (non-hydrogen) atoms. The van der Waals surface area contributed by atoms with Crippen LogP contribution in [0, 0.1) is 0 Å². The summed E-state index contributed by atoms with van der Waals surface area (Å²) < 4.78 is 7.40. The summed E-state index contributed by atoms with van der Waals surface area (Å²) >= 11 is 0. The smallest absolute Gasteiger partial charge is 0.186 e. The lowest BCUT2D eigenvalue weighted by Gasteiger charge is -1.99. The van der Waals surface area contributed by atoms with E-state index in [1.54, 1.807) is 10.9 Å². The zero-order chi connectivity index (χ0) is 14.9. The summed E-state index contributed by atoms with van der Waals surface area (Å²) in [5.74, 6) is 0.328. The molecule has 0 saturated heterocycles. The minimum atomic E-state index is 0.328. The van der Waals surface area contributed by atoms with Gasteiger partial charge in [-0.05, 0) is 18.2 Å². The largest absolute Gasteiger partial charge is 0.453 e. The third-order valence-corrected chi connectivity index (χ3v) is 3.62. The first-order valence-corrected chi connectivity index (χ1v) is 6.94. The maximum absolute atomic E-state index is 11.3. The average Bonchev–Trinajstić information content (AvgIpc) is 3.19. The van der Waals surface area contributed by atoms with Crippen LogP contribution in [0.1, 0.15) is 10.6 Å². The number of aromatic nitrogens is 2. The second-order valence-corrected chi connectivity index (χ2v) is 4.96. The van der Waals surface area contributed by atoms with E-state index in [2.05, 4.69) is 5.10 Å². The zero-order valence-electron chi connectivity index (χ0n) is 11.6. The number of aldehydes is 1. The lowest BCUT2D eigenvalue weighted by atomic mass is 10.1. The van der Waals surface area contributed by atoms with Crippen LogP contribution in [-0.2, 0) is 0 Å². The van der Waals surface area contributed by atoms with Crippen LogP contribution in [0.5, 0.6) is 0 Å². The van der Waals surface area contributed by atoms with Gasteiger partial charge in [-0.25, -0.2) is 4.68 Å². The van der Waals surface area contributed by atoms with Gasteiger partial charge in [-0.1, -0.05) is 36.4 Å². The lowest BCUT2D eigenvalue weighted by molar-refractivity contribution is 0.110. The van der Waals surface area contributed by atoms with Gasteiger partial charge in [0.1, 0.15) is 5.58 Å². The van der Waals surface area contributed by atoms with E-state index in [1.165, 1.54) is 0 Å². The van der Waals surface area contributed by atoms with Gasteiger partial charge < -0.3 is 4.42 Å². The molecule has 2 aromatic heterocycles. The van der Waals surface area contributed by atoms with E-state index in [1.807, 2.05) is 60.8 Å². The third kappa shape index (κ3) is 1.93. The highest BCUT2D eigenvalue weighted by Crippen LogP contribution is 2.34. The molecule has 2 aromatic carbocycles. The molecular formula is C18H12N2O2. The van der Waals surface area contributed by atoms with Crippen LogP contribution >= 0.6 is 0 Å². The summed E-state index contributed by atoms with van der Waals surface area (Å²) in [6, 6.07) is 17.4. The number of hydrogen-bond donors (Lipinski definition) is 0. The fraction of sp³-hybridized carbons (Fsp3) is 0. The van der Waals surface area contributed by atoms with Crippen LogP contribution < -0.4 is 0 Å². The summed E-state index contributed by atoms with van der Waals surface area (Å²) in [7, 11) is 0. The molecule has 0 unspecified atom stereocenters. The quantitative estimate of drug-likeness (QED) is 0.533. The molecule has 0 saturated carbocycles. The normalized spacial score (nSPS) is 10.9. The number of carbonyl (C=O) groups excluding carboxylic acids is 1. The van der Waals surface area contributed by atoms with E-state index in [9.17, 15) is 4.79 Å². The SMILES string of the molecule is O=Cc1oc2ccccc2c1-c1cnn(-c2ccccc2)c1. The van der Waals surface area contributed by atoms with Crippen molar-refractivity contribution < 1.29 is 9.21 Å². The van der Waals surface area contributed by atoms with Gasteiger partial charge in [-0.3, -0.25) is 4.79 Å². The third-order valence-electron chi connectivity index (χ3n) is 3.62. The van der Waals surface area contributed by atoms with E-state index >= 15 is 0 Å². The van der Waals surface area contributed by atoms with Gasteiger partial charge >= 0.3 is 0 Å². The van der Waals surface area contributed by atoms with E-state index in [0.29, 0.717) is 11.3 Å². The van der Waals surface area contributed by atoms with Gasteiger partial charge in [-0.15, -0.1) is 0 Å². The topological polar surface area (TPSA) is 48.0 Å². The Hall–Kier alpha value is -3.14. The molecule has 4 rings (SSSR count). The van der Waals surface area contributed by atoms with Crippen molar-refractivity contribution in [2.45, 2.75) is 0 Å². The fourth-order valence-corrected chi connectivity index (χ4v) is 2.62. The summed E-state index contributed by atoms with van der Waals surface area (Å²) in [6.45, 7) is 0. The number of nitrogens with zero attached hydrogens (tertiary/aromatic N) is 2. The van der Waals surface area contributed by atoms with Crippen molar-refractivity contribution in [3.05, 3.63) is 72.8 Å². The maximum atomic E-state index is 11.3. The second-order valence-electron chi connectivity index (χ2n) is 4.96. The van der Waals surface area contributed by atoms with E-state index in [-0.39, 0.29) is 0 Å². The Balaban J connectivity index is 1.90. The van der Waals surface area contributed by atoms with Gasteiger partial charge in [0.05, 0.1) is 11.9 Å². The molecule has 0 aliphatic carbocycles. The Morgan fingerprint density at radius 1 is 1.00 bits per heavy atom. The molecule has 106 valence electrons. The van der Waals surface area contributed by atoms with Gasteiger partial charge in [0.15, 0.2) is 12.0 Å². The van der Waals surface area contributed by atoms with Crippen molar-refractivity contribution in [2.75, 3.05) is 0 Å². The standard InChI is InChI=1S/C18H12N2O2/c21-12-17-18(15-8-4-5-9-16(15)22-17)13-10-19-20(11-13)14-6-2-1-3-7-14/h1-12H. The Bertz CT molecular complexity index is 952. The molecule has 0 aliphatic rings. The number of rotatable bonds is 3. The molecule has 4 nitrogen and oxygen atoms in total. The molecule has 0 fully saturated rings. The van der Waals surface area contributed by atoms with Crippen LogP contribution in [0.2, 0.25) is 0 Å². The lowest BCUT2D eigenvalue weighted by Crippen LogP contribution is -1.92. The highest BCUT2D eigenvalue weighted by Gasteiger charge is 2.16. The number of fused-ring (bicyclic) bond motifs is 1. The molecule has 0 bridgehead atoms. The highest BCUT2D eigenvalue weighted by atomic mass is 16.3. The van der Waals surface area contributed by atoms with Gasteiger partial charge in [-0.2, -0.15) is 5.10 Å². The van der Waals surface area contributed by atoms with Gasteiger partial charge in [0.25, 0.3) is 0 Å². The molecule has 0 amide bonds. The van der Waals surface area contributed by atoms with Crippen molar-refractivity contribution in [3.8, 4) is 16.8 Å². The number of hydrogen-bond acceptors (Lipinski definition) is 3. The van der Waals surface area contributed by atoms with Gasteiger partial charge in [0, 0.05) is 22.7 Å². The maximum Gasteiger partial charge on any atom is 0.186 e. The molecule has 0 atom stereocenters. The van der Waals surface area contributed by atoms with E-state index in [0.717, 1.165) is 28.5 Å². The first-order chi connectivity index (χ1) is 10.9. The van der Waals surface area contributed by atoms with Crippen LogP contribution in [0.3, 0.4) is 0 Å². The zero-order valence-corrected chi connectivity index (χ0v) is 11.6. The predicted molar refractivity (Wildman–Crippen MR) is 84.2 cm³/mol. The van der Waals surface area contributed by atoms with Crippen molar-refractivity contribution in [1.29, 1.82) is 0 Å². The molecule has 2 heterocycles. The molecule has 4 heteroatoms. The van der Waals surface area contributed by atoms with Crippen molar-refractivity contribution in [2.24, 2.45) is 0 Å². The van der Waals surface area contributed by atoms with Crippen LogP contribution in [0.15, 0.2) is 71.4 Å². The molecular weight excluding hydrogens is 276 g/mol. The average molecular weight is 288 g/mol. The molecule has 0 radical (unpaired) electrons. The van der Waals surface area contributed by atoms with Crippen molar-refractivity contribution in [1.82, 2.24) is 9.78 Å². The number of para-hydroxylation sites is 2. The minimum absolute atomic E-state index is 0.328. The van der Waals surface area contributed by atoms with E-state index in [4.69, 9.17) is 4.42 Å². The number of furan rings is 1. The highest BCUT2D eigenvalue weighted by molar-refractivity contribution is 6.01. The Labute approximate surface area is 126 Å². The van der Waals surface area contributed by atoms with E-state index < -0.39 is 0 Å². The summed E-state index contributed by atoms with van der Waals surface area (Å²) in [5.41, 5.74) is 3.31. The summed E-state index contributed by atoms with van der Waals surface area (Å²) in [5, 5.41) is 5.30.